The van der Waals surface area contributed by atoms with E-state index in [1.165, 1.54) is 17.0 Å². The van der Waals surface area contributed by atoms with Gasteiger partial charge in [-0.05, 0) is 60.4 Å². The summed E-state index contributed by atoms with van der Waals surface area (Å²) in [6.45, 7) is 5.10. The Morgan fingerprint density at radius 1 is 0.713 bits per heavy atom. The van der Waals surface area contributed by atoms with Gasteiger partial charge in [-0.3, -0.25) is 47.9 Å². The van der Waals surface area contributed by atoms with Gasteiger partial charge in [-0.25, -0.2) is 4.79 Å². The van der Waals surface area contributed by atoms with E-state index in [4.69, 9.17) is 5.73 Å². The van der Waals surface area contributed by atoms with Gasteiger partial charge in [0.25, 0.3) is 0 Å². The second-order valence-electron chi connectivity index (χ2n) is 19.9. The van der Waals surface area contributed by atoms with Crippen LogP contribution in [0.5, 0.6) is 5.75 Å². The van der Waals surface area contributed by atoms with Gasteiger partial charge < -0.3 is 78.6 Å². The summed E-state index contributed by atoms with van der Waals surface area (Å²) in [6.07, 6.45) is 1.15. The predicted molar refractivity (Wildman–Crippen MR) is 297 cm³/mol. The second-order valence-corrected chi connectivity index (χ2v) is 20.6. The number of hydrogen-bond donors (Lipinski definition) is 16. The maximum atomic E-state index is 14.9. The number of nitrogens with one attached hydrogen (secondary N) is 9. The number of benzene rings is 2. The summed E-state index contributed by atoms with van der Waals surface area (Å²) in [5, 5.41) is 59.4. The molecule has 26 nitrogen and oxygen atoms in total. The number of thiol groups is 2. The third-order valence-electron chi connectivity index (χ3n) is 13.3. The number of aromatic hydroxyl groups is 1. The van der Waals surface area contributed by atoms with E-state index in [2.05, 4.69) is 72.8 Å². The molecule has 15 N–H and O–H groups in total. The maximum absolute atomic E-state index is 14.9. The highest BCUT2D eigenvalue weighted by molar-refractivity contribution is 7.80. The Bertz CT molecular complexity index is 2690. The molecule has 1 aliphatic heterocycles. The van der Waals surface area contributed by atoms with Gasteiger partial charge >= 0.3 is 11.9 Å². The quantitative estimate of drug-likeness (QED) is 0.0310. The highest BCUT2D eigenvalue weighted by Gasteiger charge is 2.41. The number of amides is 9. The summed E-state index contributed by atoms with van der Waals surface area (Å²) in [5.74, 6) is -12.0. The van der Waals surface area contributed by atoms with E-state index in [1.807, 2.05) is 0 Å². The number of nitrogens with two attached hydrogens (primary N) is 1. The van der Waals surface area contributed by atoms with E-state index in [0.29, 0.717) is 28.5 Å². The molecule has 0 spiro atoms. The summed E-state index contributed by atoms with van der Waals surface area (Å²) in [7, 11) is 0. The van der Waals surface area contributed by atoms with E-state index in [9.17, 15) is 73.2 Å². The summed E-state index contributed by atoms with van der Waals surface area (Å²) >= 11 is 8.02. The Hall–Kier alpha value is -7.43. The molecule has 28 heteroatoms. The molecule has 2 heterocycles. The van der Waals surface area contributed by atoms with Gasteiger partial charge in [0.05, 0.1) is 25.6 Å². The summed E-state index contributed by atoms with van der Waals surface area (Å²) < 4.78 is 0. The Labute approximate surface area is 472 Å². The van der Waals surface area contributed by atoms with Gasteiger partial charge in [0.2, 0.25) is 53.2 Å². The number of aromatic amines is 1. The molecule has 2 aromatic carbocycles. The number of H-pyrrole nitrogens is 1. The van der Waals surface area contributed by atoms with Crippen molar-refractivity contribution in [2.45, 2.75) is 127 Å². The standard InChI is InChI=1S/C52H73N11O15S2/c1-5-27(4)43(62-48(73)35(57-44(69)32(53)24-79)18-28-12-14-30(65)15-13-28)50(75)59-37(19-29-21-54-33-10-7-6-9-31(29)33)51(76)63-16-8-11-40(63)49(74)58-36(20-42(67)68)47(72)60-38(23-64)45(70)55-22-41(66)56-34(17-26(2)3)46(71)61-39(25-80)52(77)78/h6-7,9-10,12-15,21,26-27,32,34-40,43,54,64-65,79-80H,5,8,11,16-20,22-25,53H2,1-4H3,(H,55,70)(H,56,66)(H,57,69)(H,58,74)(H,59,75)(H,60,72)(H,61,71)(H,62,73)(H,67,68)(H,77,78)/t27-,32-,34-,35-,36-,37-,38-,39-,40-,43-/m0/s1. The normalized spacial score (nSPS) is 16.5. The van der Waals surface area contributed by atoms with Crippen LogP contribution in [0.1, 0.15) is 70.9 Å². The van der Waals surface area contributed by atoms with Crippen molar-refractivity contribution in [2.75, 3.05) is 31.2 Å². The smallest absolute Gasteiger partial charge is 0.327 e. The molecule has 0 radical (unpaired) electrons. The van der Waals surface area contributed by atoms with Gasteiger partial charge in [0.1, 0.15) is 54.1 Å². The fourth-order valence-corrected chi connectivity index (χ4v) is 9.11. The van der Waals surface area contributed by atoms with Crippen molar-refractivity contribution in [2.24, 2.45) is 17.6 Å². The number of carbonyl (C=O) groups excluding carboxylic acids is 9. The number of rotatable bonds is 31. The number of aliphatic hydroxyl groups is 1. The Balaban J connectivity index is 1.54. The molecule has 1 aliphatic rings. The molecule has 1 fully saturated rings. The molecule has 0 aliphatic carbocycles. The SMILES string of the molecule is CC[C@H](C)[C@H](NC(=O)[C@H](Cc1ccc(O)cc1)NC(=O)[C@@H](N)CS)C(=O)N[C@@H](Cc1c[nH]c2ccccc12)C(=O)N1CCC[C@H]1C(=O)N[C@@H](CC(=O)O)C(=O)N[C@@H](CO)C(=O)NCC(=O)N[C@@H](CC(C)C)C(=O)N[C@@H](CS)C(=O)O. The van der Waals surface area contributed by atoms with Gasteiger partial charge in [-0.2, -0.15) is 25.3 Å². The average Bonchev–Trinajstić information content (AvgIpc) is 4.10. The largest absolute Gasteiger partial charge is 0.508 e. The van der Waals surface area contributed by atoms with Crippen molar-refractivity contribution in [3.05, 3.63) is 65.9 Å². The minimum absolute atomic E-state index is 0.0205. The lowest BCUT2D eigenvalue weighted by Gasteiger charge is -2.32. The first-order valence-corrected chi connectivity index (χ1v) is 27.2. The third kappa shape index (κ3) is 19.1. The van der Waals surface area contributed by atoms with Gasteiger partial charge in [0.15, 0.2) is 0 Å². The lowest BCUT2D eigenvalue weighted by molar-refractivity contribution is -0.144. The first-order chi connectivity index (χ1) is 37.9. The highest BCUT2D eigenvalue weighted by atomic mass is 32.1. The number of likely N-dealkylation sites (tertiary alicyclic amines) is 1. The molecule has 1 saturated heterocycles. The summed E-state index contributed by atoms with van der Waals surface area (Å²) in [6, 6.07) is 0.474. The van der Waals surface area contributed by atoms with E-state index in [0.717, 1.165) is 0 Å². The number of phenols is 1. The highest BCUT2D eigenvalue weighted by Crippen LogP contribution is 2.24. The van der Waals surface area contributed by atoms with Crippen molar-refractivity contribution in [3.8, 4) is 5.75 Å². The van der Waals surface area contributed by atoms with Gasteiger partial charge in [0, 0.05) is 48.0 Å². The number of aliphatic carboxylic acids is 2. The predicted octanol–water partition coefficient (Wildman–Crippen LogP) is -2.01. The Morgan fingerprint density at radius 3 is 1.95 bits per heavy atom. The average molecular weight is 1160 g/mol. The van der Waals surface area contributed by atoms with Crippen LogP contribution in [0.2, 0.25) is 0 Å². The van der Waals surface area contributed by atoms with E-state index in [1.54, 1.807) is 70.3 Å². The first kappa shape index (κ1) is 65.1. The zero-order valence-electron chi connectivity index (χ0n) is 44.7. The fraction of sp³-hybridized carbons (Fsp3) is 0.519. The number of carbonyl (C=O) groups is 11. The summed E-state index contributed by atoms with van der Waals surface area (Å²) in [5.41, 5.74) is 7.79. The fourth-order valence-electron chi connectivity index (χ4n) is 8.69. The van der Waals surface area contributed by atoms with Crippen molar-refractivity contribution < 1.29 is 73.2 Å². The van der Waals surface area contributed by atoms with Crippen LogP contribution in [0.15, 0.2) is 54.7 Å². The minimum Gasteiger partial charge on any atom is -0.508 e. The zero-order valence-corrected chi connectivity index (χ0v) is 46.5. The number of aromatic nitrogens is 1. The number of phenolic OH excluding ortho intramolecular Hbond substituents is 1. The molecule has 0 saturated carbocycles. The molecule has 9 amide bonds. The zero-order chi connectivity index (χ0) is 59.4. The molecule has 438 valence electrons. The molecule has 1 aromatic heterocycles. The van der Waals surface area contributed by atoms with Gasteiger partial charge in [-0.15, -0.1) is 0 Å². The van der Waals surface area contributed by atoms with Crippen molar-refractivity contribution in [1.29, 1.82) is 0 Å². The lowest BCUT2D eigenvalue weighted by atomic mass is 9.96. The van der Waals surface area contributed by atoms with Crippen LogP contribution in [-0.2, 0) is 65.6 Å². The third-order valence-corrected chi connectivity index (χ3v) is 14.1. The molecule has 10 atom stereocenters. The van der Waals surface area contributed by atoms with Crippen molar-refractivity contribution in [3.63, 3.8) is 0 Å². The monoisotopic (exact) mass is 1160 g/mol. The van der Waals surface area contributed by atoms with Crippen LogP contribution < -0.4 is 48.3 Å². The number of fused-ring (bicyclic) bond motifs is 1. The van der Waals surface area contributed by atoms with Crippen LogP contribution in [0.4, 0.5) is 0 Å². The minimum atomic E-state index is -1.89. The molecule has 0 unspecified atom stereocenters. The van der Waals surface area contributed by atoms with E-state index >= 15 is 0 Å². The number of carboxylic acid groups (broad SMARTS) is 2. The number of carboxylic acids is 2. The molecule has 80 heavy (non-hydrogen) atoms. The van der Waals surface area contributed by atoms with E-state index in [-0.39, 0.29) is 61.8 Å². The van der Waals surface area contributed by atoms with E-state index < -0.39 is 145 Å². The molecular weight excluding hydrogens is 1080 g/mol. The van der Waals surface area contributed by atoms with Crippen LogP contribution in [0.25, 0.3) is 10.9 Å². The van der Waals surface area contributed by atoms with Gasteiger partial charge in [-0.1, -0.05) is 64.4 Å². The lowest BCUT2D eigenvalue weighted by Crippen LogP contribution is -2.61. The maximum Gasteiger partial charge on any atom is 0.327 e. The first-order valence-electron chi connectivity index (χ1n) is 26.0. The molecular formula is C52H73N11O15S2. The molecule has 3 aromatic rings. The summed E-state index contributed by atoms with van der Waals surface area (Å²) in [4.78, 5) is 151. The second kappa shape index (κ2) is 31.4. The topological polar surface area (TPSA) is 410 Å². The number of para-hydroxylation sites is 1. The molecule has 4 rings (SSSR count). The Morgan fingerprint density at radius 2 is 1.34 bits per heavy atom. The number of aliphatic hydroxyl groups excluding tert-OH is 1. The van der Waals surface area contributed by atoms with Crippen molar-refractivity contribution in [1.82, 2.24) is 52.4 Å². The number of nitrogens with zero attached hydrogens (tertiary/aromatic N) is 1. The van der Waals surface area contributed by atoms with Crippen LogP contribution in [-0.4, -0.2) is 181 Å². The van der Waals surface area contributed by atoms with Crippen LogP contribution in [0, 0.1) is 11.8 Å². The van der Waals surface area contributed by atoms with Crippen LogP contribution in [0.3, 0.4) is 0 Å². The molecule has 0 bridgehead atoms. The Kier molecular flexibility index (Phi) is 25.5. The van der Waals surface area contributed by atoms with Crippen molar-refractivity contribution >= 4 is 101 Å². The van der Waals surface area contributed by atoms with Crippen LogP contribution >= 0.6 is 25.3 Å². The number of hydrogen-bond acceptors (Lipinski definition) is 16.